The van der Waals surface area contributed by atoms with Crippen molar-refractivity contribution in [3.63, 3.8) is 0 Å². The van der Waals surface area contributed by atoms with Crippen LogP contribution in [0.1, 0.15) is 11.4 Å². The van der Waals surface area contributed by atoms with E-state index >= 15 is 0 Å². The molecular weight excluding hydrogens is 481 g/mol. The number of nitrogen functional groups attached to an aromatic ring is 1. The molecule has 0 amide bonds. The van der Waals surface area contributed by atoms with Crippen LogP contribution in [0.4, 0.5) is 18.9 Å². The molecule has 0 fully saturated rings. The van der Waals surface area contributed by atoms with Crippen molar-refractivity contribution in [1.29, 1.82) is 5.26 Å². The zero-order valence-electron chi connectivity index (χ0n) is 17.5. The molecule has 0 saturated heterocycles. The average molecular weight is 493 g/mol. The van der Waals surface area contributed by atoms with Crippen molar-refractivity contribution < 1.29 is 13.2 Å². The molecule has 2 N–H and O–H groups in total. The highest BCUT2D eigenvalue weighted by molar-refractivity contribution is 6.30. The van der Waals surface area contributed by atoms with E-state index < -0.39 is 17.4 Å². The molecule has 0 atom stereocenters. The molecule has 0 spiro atoms. The van der Waals surface area contributed by atoms with Gasteiger partial charge in [-0.3, -0.25) is 14.3 Å². The molecule has 0 aliphatic rings. The number of nitrogens with zero attached hydrogens (tertiary/aromatic N) is 5. The van der Waals surface area contributed by atoms with Gasteiger partial charge in [-0.15, -0.1) is 0 Å². The van der Waals surface area contributed by atoms with Crippen LogP contribution in [0.2, 0.25) is 5.02 Å². The van der Waals surface area contributed by atoms with Crippen LogP contribution in [0.5, 0.6) is 0 Å². The van der Waals surface area contributed by atoms with Crippen LogP contribution in [0, 0.1) is 11.3 Å². The van der Waals surface area contributed by atoms with Crippen molar-refractivity contribution in [2.75, 3.05) is 5.73 Å². The van der Waals surface area contributed by atoms with Crippen molar-refractivity contribution in [2.24, 2.45) is 0 Å². The second-order valence-electron chi connectivity index (χ2n) is 7.54. The Morgan fingerprint density at radius 1 is 1.00 bits per heavy atom. The standard InChI is InChI=1S/C24H12ClF3N6O/c25-13-2-4-15(5-3-13)34-22-16(6-8-19(33-22)24(26,27)28)21(30)20(23(34)35)12-1-7-17-18(9-12)32-14(10-29)11-31-17/h1-9,11H,30H2. The first kappa shape index (κ1) is 22.3. The molecule has 0 radical (unpaired) electrons. The summed E-state index contributed by atoms with van der Waals surface area (Å²) in [5.74, 6) is 0. The highest BCUT2D eigenvalue weighted by Gasteiger charge is 2.33. The third kappa shape index (κ3) is 3.82. The summed E-state index contributed by atoms with van der Waals surface area (Å²) in [6.45, 7) is 0. The number of rotatable bonds is 2. The maximum Gasteiger partial charge on any atom is 0.433 e. The number of hydrogen-bond acceptors (Lipinski definition) is 6. The Kier molecular flexibility index (Phi) is 5.15. The van der Waals surface area contributed by atoms with E-state index in [0.717, 1.165) is 10.6 Å². The lowest BCUT2D eigenvalue weighted by atomic mass is 10.0. The molecule has 5 aromatic rings. The number of fused-ring (bicyclic) bond motifs is 2. The van der Waals surface area contributed by atoms with Gasteiger partial charge in [0.05, 0.1) is 34.2 Å². The monoisotopic (exact) mass is 492 g/mol. The second kappa shape index (κ2) is 8.07. The molecule has 3 aromatic heterocycles. The fourth-order valence-electron chi connectivity index (χ4n) is 3.77. The fourth-order valence-corrected chi connectivity index (χ4v) is 3.90. The second-order valence-corrected chi connectivity index (χ2v) is 7.98. The number of aromatic nitrogens is 4. The van der Waals surface area contributed by atoms with Gasteiger partial charge in [0.25, 0.3) is 5.56 Å². The third-order valence-corrected chi connectivity index (χ3v) is 5.64. The van der Waals surface area contributed by atoms with E-state index in [1.807, 2.05) is 6.07 Å². The molecule has 0 aliphatic carbocycles. The van der Waals surface area contributed by atoms with Crippen molar-refractivity contribution in [3.05, 3.63) is 87.6 Å². The maximum atomic E-state index is 13.8. The van der Waals surface area contributed by atoms with E-state index in [9.17, 15) is 18.0 Å². The molecular formula is C24H12ClF3N6O. The fraction of sp³-hybridized carbons (Fsp3) is 0.0417. The van der Waals surface area contributed by atoms with Gasteiger partial charge < -0.3 is 5.73 Å². The van der Waals surface area contributed by atoms with E-state index in [1.165, 1.54) is 36.5 Å². The Labute approximate surface area is 199 Å². The molecule has 0 saturated carbocycles. The first-order valence-electron chi connectivity index (χ1n) is 10.0. The summed E-state index contributed by atoms with van der Waals surface area (Å²) in [5, 5.41) is 9.66. The highest BCUT2D eigenvalue weighted by Crippen LogP contribution is 2.34. The number of pyridine rings is 2. The number of alkyl halides is 3. The van der Waals surface area contributed by atoms with Gasteiger partial charge in [0.15, 0.2) is 5.69 Å². The number of nitriles is 1. The van der Waals surface area contributed by atoms with Gasteiger partial charge in [-0.05, 0) is 54.1 Å². The number of hydrogen-bond donors (Lipinski definition) is 1. The number of benzene rings is 2. The zero-order valence-corrected chi connectivity index (χ0v) is 18.3. The lowest BCUT2D eigenvalue weighted by molar-refractivity contribution is -0.141. The summed E-state index contributed by atoms with van der Waals surface area (Å²) in [5.41, 5.74) is 5.77. The van der Waals surface area contributed by atoms with Gasteiger partial charge in [0.1, 0.15) is 17.4 Å². The van der Waals surface area contributed by atoms with Crippen LogP contribution >= 0.6 is 11.6 Å². The first-order valence-corrected chi connectivity index (χ1v) is 10.4. The Morgan fingerprint density at radius 3 is 2.43 bits per heavy atom. The average Bonchev–Trinajstić information content (AvgIpc) is 2.84. The molecule has 11 heteroatoms. The Morgan fingerprint density at radius 2 is 1.74 bits per heavy atom. The molecule has 0 bridgehead atoms. The van der Waals surface area contributed by atoms with Crippen LogP contribution in [0.15, 0.2) is 65.6 Å². The minimum Gasteiger partial charge on any atom is -0.397 e. The predicted molar refractivity (Wildman–Crippen MR) is 125 cm³/mol. The number of nitrogens with two attached hydrogens (primary N) is 1. The van der Waals surface area contributed by atoms with Crippen LogP contribution in [0.25, 0.3) is 38.9 Å². The number of halogens is 4. The summed E-state index contributed by atoms with van der Waals surface area (Å²) in [4.78, 5) is 25.9. The molecule has 2 aromatic carbocycles. The molecule has 7 nitrogen and oxygen atoms in total. The highest BCUT2D eigenvalue weighted by atomic mass is 35.5. The molecule has 35 heavy (non-hydrogen) atoms. The van der Waals surface area contributed by atoms with Crippen LogP contribution in [0.3, 0.4) is 0 Å². The quantitative estimate of drug-likeness (QED) is 0.366. The topological polar surface area (TPSA) is 110 Å². The Hall–Kier alpha value is -4.49. The minimum atomic E-state index is -4.72. The number of anilines is 1. The minimum absolute atomic E-state index is 0.0415. The van der Waals surface area contributed by atoms with Crippen LogP contribution < -0.4 is 11.3 Å². The van der Waals surface area contributed by atoms with Crippen LogP contribution in [-0.4, -0.2) is 19.5 Å². The van der Waals surface area contributed by atoms with Crippen molar-refractivity contribution in [1.82, 2.24) is 19.5 Å². The maximum absolute atomic E-state index is 13.8. The van der Waals surface area contributed by atoms with E-state index in [0.29, 0.717) is 21.6 Å². The Bertz CT molecular complexity index is 1740. The predicted octanol–water partition coefficient (Wildman–Crippen LogP) is 5.12. The first-order chi connectivity index (χ1) is 16.7. The summed E-state index contributed by atoms with van der Waals surface area (Å²) in [6, 6.07) is 14.7. The van der Waals surface area contributed by atoms with Gasteiger partial charge in [-0.1, -0.05) is 17.7 Å². The van der Waals surface area contributed by atoms with Crippen LogP contribution in [-0.2, 0) is 6.18 Å². The molecule has 0 unspecified atom stereocenters. The molecule has 3 heterocycles. The van der Waals surface area contributed by atoms with Gasteiger partial charge in [-0.2, -0.15) is 18.4 Å². The normalized spacial score (nSPS) is 11.6. The van der Waals surface area contributed by atoms with Gasteiger partial charge in [0, 0.05) is 10.4 Å². The smallest absolute Gasteiger partial charge is 0.397 e. The largest absolute Gasteiger partial charge is 0.433 e. The molecule has 5 rings (SSSR count). The summed E-state index contributed by atoms with van der Waals surface area (Å²) in [6.07, 6.45) is -3.40. The third-order valence-electron chi connectivity index (χ3n) is 5.38. The van der Waals surface area contributed by atoms with Crippen molar-refractivity contribution in [3.8, 4) is 22.9 Å². The lowest BCUT2D eigenvalue weighted by Gasteiger charge is -2.17. The lowest BCUT2D eigenvalue weighted by Crippen LogP contribution is -2.24. The molecule has 172 valence electrons. The SMILES string of the molecule is N#Cc1cnc2ccc(-c3c(N)c4ccc(C(F)(F)F)nc4n(-c4ccc(Cl)cc4)c3=O)cc2n1. The van der Waals surface area contributed by atoms with Gasteiger partial charge in [-0.25, -0.2) is 9.97 Å². The molecule has 0 aliphatic heterocycles. The van der Waals surface area contributed by atoms with Gasteiger partial charge in [0.2, 0.25) is 0 Å². The summed E-state index contributed by atoms with van der Waals surface area (Å²) < 4.78 is 41.3. The van der Waals surface area contributed by atoms with Crippen molar-refractivity contribution >= 4 is 39.4 Å². The van der Waals surface area contributed by atoms with Crippen molar-refractivity contribution in [2.45, 2.75) is 6.18 Å². The summed E-state index contributed by atoms with van der Waals surface area (Å²) >= 11 is 5.97. The van der Waals surface area contributed by atoms with E-state index in [1.54, 1.807) is 18.2 Å². The van der Waals surface area contributed by atoms with Gasteiger partial charge >= 0.3 is 6.18 Å². The van der Waals surface area contributed by atoms with E-state index in [4.69, 9.17) is 22.6 Å². The van der Waals surface area contributed by atoms with E-state index in [-0.39, 0.29) is 33.7 Å². The zero-order chi connectivity index (χ0) is 24.9. The Balaban J connectivity index is 1.88. The summed E-state index contributed by atoms with van der Waals surface area (Å²) in [7, 11) is 0. The van der Waals surface area contributed by atoms with E-state index in [2.05, 4.69) is 15.0 Å².